The minimum atomic E-state index is -3.76. The molecular weight excluding hydrogens is 354 g/mol. The summed E-state index contributed by atoms with van der Waals surface area (Å²) in [6, 6.07) is 12.9. The SMILES string of the molecule is CC/C(=N\NC(=O)CNS(=O)(=O)c1ccccc1)c1cc(C)ccc1O. The fourth-order valence-corrected chi connectivity index (χ4v) is 3.23. The van der Waals surface area contributed by atoms with Gasteiger partial charge in [0, 0.05) is 5.56 Å². The van der Waals surface area contributed by atoms with Crippen LogP contribution >= 0.6 is 0 Å². The number of rotatable bonds is 7. The molecule has 0 unspecified atom stereocenters. The third kappa shape index (κ3) is 5.14. The molecule has 1 amide bonds. The standard InChI is InChI=1S/C18H21N3O4S/c1-3-16(15-11-13(2)9-10-17(15)22)20-21-18(23)12-19-26(24,25)14-7-5-4-6-8-14/h4-11,19,22H,3,12H2,1-2H3,(H,21,23)/b20-16+. The van der Waals surface area contributed by atoms with Gasteiger partial charge in [-0.25, -0.2) is 18.6 Å². The fourth-order valence-electron chi connectivity index (χ4n) is 2.22. The zero-order valence-corrected chi connectivity index (χ0v) is 15.4. The van der Waals surface area contributed by atoms with Crippen LogP contribution < -0.4 is 10.1 Å². The number of aromatic hydroxyl groups is 1. The number of amides is 1. The Morgan fingerprint density at radius 1 is 1.15 bits per heavy atom. The quantitative estimate of drug-likeness (QED) is 0.507. The van der Waals surface area contributed by atoms with Gasteiger partial charge in [0.1, 0.15) is 5.75 Å². The number of hydrogen-bond donors (Lipinski definition) is 3. The summed E-state index contributed by atoms with van der Waals surface area (Å²) in [6.45, 7) is 3.27. The van der Waals surface area contributed by atoms with E-state index >= 15 is 0 Å². The Kier molecular flexibility index (Phi) is 6.48. The highest BCUT2D eigenvalue weighted by atomic mass is 32.2. The van der Waals surface area contributed by atoms with Crippen molar-refractivity contribution in [3.63, 3.8) is 0 Å². The molecule has 138 valence electrons. The van der Waals surface area contributed by atoms with Crippen LogP contribution in [0.2, 0.25) is 0 Å². The number of sulfonamides is 1. The summed E-state index contributed by atoms with van der Waals surface area (Å²) in [4.78, 5) is 12.0. The van der Waals surface area contributed by atoms with Crippen LogP contribution in [0.5, 0.6) is 5.75 Å². The lowest BCUT2D eigenvalue weighted by Crippen LogP contribution is -2.35. The number of hydrogen-bond acceptors (Lipinski definition) is 5. The molecule has 0 heterocycles. The van der Waals surface area contributed by atoms with E-state index in [0.29, 0.717) is 17.7 Å². The zero-order chi connectivity index (χ0) is 19.2. The Hall–Kier alpha value is -2.71. The van der Waals surface area contributed by atoms with Gasteiger partial charge < -0.3 is 5.11 Å². The summed E-state index contributed by atoms with van der Waals surface area (Å²) in [5.41, 5.74) is 4.28. The lowest BCUT2D eigenvalue weighted by Gasteiger charge is -2.09. The average Bonchev–Trinajstić information content (AvgIpc) is 2.64. The molecule has 0 radical (unpaired) electrons. The molecule has 0 saturated carbocycles. The third-order valence-corrected chi connectivity index (χ3v) is 5.01. The van der Waals surface area contributed by atoms with E-state index in [1.165, 1.54) is 12.1 Å². The van der Waals surface area contributed by atoms with Crippen LogP contribution in [0.15, 0.2) is 58.5 Å². The number of phenolic OH excluding ortho intramolecular Hbond substituents is 1. The molecule has 8 heteroatoms. The van der Waals surface area contributed by atoms with E-state index in [0.717, 1.165) is 5.56 Å². The summed E-state index contributed by atoms with van der Waals surface area (Å²) in [5.74, 6) is -0.544. The Morgan fingerprint density at radius 3 is 2.50 bits per heavy atom. The van der Waals surface area contributed by atoms with E-state index in [-0.39, 0.29) is 10.6 Å². The van der Waals surface area contributed by atoms with Crippen molar-refractivity contribution in [1.82, 2.24) is 10.1 Å². The molecule has 2 aromatic rings. The first kappa shape index (κ1) is 19.6. The summed E-state index contributed by atoms with van der Waals surface area (Å²) in [5, 5.41) is 14.0. The highest BCUT2D eigenvalue weighted by Crippen LogP contribution is 2.20. The van der Waals surface area contributed by atoms with Gasteiger partial charge in [-0.15, -0.1) is 0 Å². The summed E-state index contributed by atoms with van der Waals surface area (Å²) < 4.78 is 26.4. The van der Waals surface area contributed by atoms with Gasteiger partial charge in [-0.05, 0) is 37.6 Å². The smallest absolute Gasteiger partial charge is 0.255 e. The topological polar surface area (TPSA) is 108 Å². The van der Waals surface area contributed by atoms with Gasteiger partial charge in [-0.2, -0.15) is 5.10 Å². The highest BCUT2D eigenvalue weighted by molar-refractivity contribution is 7.89. The predicted octanol–water partition coefficient (Wildman–Crippen LogP) is 1.91. The molecule has 0 bridgehead atoms. The van der Waals surface area contributed by atoms with Crippen molar-refractivity contribution in [3.8, 4) is 5.75 Å². The fraction of sp³-hybridized carbons (Fsp3) is 0.222. The van der Waals surface area contributed by atoms with Crippen LogP contribution in [0, 0.1) is 6.92 Å². The first-order valence-corrected chi connectivity index (χ1v) is 9.52. The van der Waals surface area contributed by atoms with Crippen molar-refractivity contribution in [2.24, 2.45) is 5.10 Å². The lowest BCUT2D eigenvalue weighted by atomic mass is 10.0. The van der Waals surface area contributed by atoms with E-state index in [1.807, 2.05) is 13.8 Å². The van der Waals surface area contributed by atoms with Gasteiger partial charge in [0.05, 0.1) is 17.2 Å². The molecule has 0 aromatic heterocycles. The molecule has 0 aliphatic carbocycles. The van der Waals surface area contributed by atoms with E-state index < -0.39 is 22.5 Å². The Labute approximate surface area is 152 Å². The van der Waals surface area contributed by atoms with E-state index in [2.05, 4.69) is 15.2 Å². The van der Waals surface area contributed by atoms with Crippen molar-refractivity contribution in [1.29, 1.82) is 0 Å². The number of carbonyl (C=O) groups is 1. The summed E-state index contributed by atoms with van der Waals surface area (Å²) >= 11 is 0. The van der Waals surface area contributed by atoms with Crippen LogP contribution in [0.4, 0.5) is 0 Å². The van der Waals surface area contributed by atoms with Crippen LogP contribution in [0.3, 0.4) is 0 Å². The molecule has 0 atom stereocenters. The second-order valence-electron chi connectivity index (χ2n) is 5.61. The molecule has 2 rings (SSSR count). The molecule has 0 fully saturated rings. The number of aryl methyl sites for hydroxylation is 1. The van der Waals surface area contributed by atoms with Crippen LogP contribution in [0.25, 0.3) is 0 Å². The van der Waals surface area contributed by atoms with Crippen molar-refractivity contribution >= 4 is 21.6 Å². The average molecular weight is 375 g/mol. The van der Waals surface area contributed by atoms with Gasteiger partial charge in [-0.3, -0.25) is 4.79 Å². The number of nitrogens with zero attached hydrogens (tertiary/aromatic N) is 1. The van der Waals surface area contributed by atoms with Gasteiger partial charge >= 0.3 is 0 Å². The monoisotopic (exact) mass is 375 g/mol. The van der Waals surface area contributed by atoms with Crippen LogP contribution in [-0.4, -0.2) is 31.7 Å². The van der Waals surface area contributed by atoms with Crippen molar-refractivity contribution in [2.45, 2.75) is 25.2 Å². The van der Waals surface area contributed by atoms with Crippen molar-refractivity contribution in [3.05, 3.63) is 59.7 Å². The van der Waals surface area contributed by atoms with Crippen LogP contribution in [-0.2, 0) is 14.8 Å². The molecular formula is C18H21N3O4S. The maximum atomic E-state index is 12.1. The van der Waals surface area contributed by atoms with E-state index in [9.17, 15) is 18.3 Å². The van der Waals surface area contributed by atoms with Gasteiger partial charge in [0.25, 0.3) is 5.91 Å². The van der Waals surface area contributed by atoms with Crippen LogP contribution in [0.1, 0.15) is 24.5 Å². The minimum absolute atomic E-state index is 0.0650. The lowest BCUT2D eigenvalue weighted by molar-refractivity contribution is -0.119. The number of hydrazone groups is 1. The Balaban J connectivity index is 2.02. The van der Waals surface area contributed by atoms with E-state index in [4.69, 9.17) is 0 Å². The minimum Gasteiger partial charge on any atom is -0.507 e. The zero-order valence-electron chi connectivity index (χ0n) is 14.6. The first-order chi connectivity index (χ1) is 12.3. The summed E-state index contributed by atoms with van der Waals surface area (Å²) in [6.07, 6.45) is 0.479. The predicted molar refractivity (Wildman–Crippen MR) is 99.4 cm³/mol. The van der Waals surface area contributed by atoms with Crippen molar-refractivity contribution in [2.75, 3.05) is 6.54 Å². The second kappa shape index (κ2) is 8.59. The number of benzene rings is 2. The molecule has 2 aromatic carbocycles. The van der Waals surface area contributed by atoms with Gasteiger partial charge in [0.15, 0.2) is 0 Å². The third-order valence-electron chi connectivity index (χ3n) is 3.59. The largest absolute Gasteiger partial charge is 0.507 e. The molecule has 0 spiro atoms. The first-order valence-electron chi connectivity index (χ1n) is 8.03. The van der Waals surface area contributed by atoms with E-state index in [1.54, 1.807) is 36.4 Å². The molecule has 0 aliphatic heterocycles. The Morgan fingerprint density at radius 2 is 1.85 bits per heavy atom. The molecule has 3 N–H and O–H groups in total. The van der Waals surface area contributed by atoms with Gasteiger partial charge in [-0.1, -0.05) is 36.8 Å². The maximum Gasteiger partial charge on any atom is 0.255 e. The Bertz CT molecular complexity index is 909. The number of phenols is 1. The molecule has 0 saturated heterocycles. The second-order valence-corrected chi connectivity index (χ2v) is 7.37. The molecule has 7 nitrogen and oxygen atoms in total. The van der Waals surface area contributed by atoms with Crippen molar-refractivity contribution < 1.29 is 18.3 Å². The molecule has 26 heavy (non-hydrogen) atoms. The summed E-state index contributed by atoms with van der Waals surface area (Å²) in [7, 11) is -3.76. The van der Waals surface area contributed by atoms with Gasteiger partial charge in [0.2, 0.25) is 10.0 Å². The number of nitrogens with one attached hydrogen (secondary N) is 2. The molecule has 0 aliphatic rings. The number of carbonyl (C=O) groups excluding carboxylic acids is 1. The highest BCUT2D eigenvalue weighted by Gasteiger charge is 2.15. The maximum absolute atomic E-state index is 12.1. The normalized spacial score (nSPS) is 12.0.